The van der Waals surface area contributed by atoms with Gasteiger partial charge in [0.1, 0.15) is 11.6 Å². The molecule has 1 aliphatic rings. The number of halogens is 1. The van der Waals surface area contributed by atoms with Gasteiger partial charge in [-0.15, -0.1) is 0 Å². The molecule has 6 heteroatoms. The Bertz CT molecular complexity index is 802. The quantitative estimate of drug-likeness (QED) is 0.615. The maximum Gasteiger partial charge on any atom is 0.270 e. The molecule has 0 saturated carbocycles. The summed E-state index contributed by atoms with van der Waals surface area (Å²) in [4.78, 5) is 14.6. The van der Waals surface area contributed by atoms with Crippen molar-refractivity contribution < 1.29 is 13.9 Å². The molecule has 0 unspecified atom stereocenters. The van der Waals surface area contributed by atoms with Crippen LogP contribution in [-0.2, 0) is 4.79 Å². The zero-order valence-corrected chi connectivity index (χ0v) is 13.8. The number of carbonyl (C=O) groups is 1. The van der Waals surface area contributed by atoms with Gasteiger partial charge in [-0.25, -0.2) is 4.39 Å². The third-order valence-electron chi connectivity index (χ3n) is 3.27. The standard InChI is InChI=1S/C17H12FNO2S2/c1-21-14-4-2-3-13(10-14)19-16(20)15(23-17(19)22)9-11-5-7-12(18)8-6-11/h2-10H,1H3/b15-9-. The summed E-state index contributed by atoms with van der Waals surface area (Å²) in [5, 5.41) is 0. The number of ether oxygens (including phenoxy) is 1. The highest BCUT2D eigenvalue weighted by atomic mass is 32.2. The molecule has 0 radical (unpaired) electrons. The van der Waals surface area contributed by atoms with Crippen LogP contribution in [0.1, 0.15) is 5.56 Å². The summed E-state index contributed by atoms with van der Waals surface area (Å²) in [6.45, 7) is 0. The molecule has 1 amide bonds. The summed E-state index contributed by atoms with van der Waals surface area (Å²) in [6, 6.07) is 13.1. The van der Waals surface area contributed by atoms with Gasteiger partial charge in [0.2, 0.25) is 0 Å². The third-order valence-corrected chi connectivity index (χ3v) is 4.58. The summed E-state index contributed by atoms with van der Waals surface area (Å²) in [7, 11) is 1.57. The van der Waals surface area contributed by atoms with E-state index in [9.17, 15) is 9.18 Å². The van der Waals surface area contributed by atoms with Crippen LogP contribution in [0, 0.1) is 5.82 Å². The molecule has 1 saturated heterocycles. The Morgan fingerprint density at radius 3 is 2.65 bits per heavy atom. The van der Waals surface area contributed by atoms with Crippen molar-refractivity contribution in [1.29, 1.82) is 0 Å². The van der Waals surface area contributed by atoms with Crippen molar-refractivity contribution in [2.75, 3.05) is 12.0 Å². The van der Waals surface area contributed by atoms with E-state index in [1.54, 1.807) is 49.6 Å². The van der Waals surface area contributed by atoms with E-state index in [1.165, 1.54) is 28.8 Å². The summed E-state index contributed by atoms with van der Waals surface area (Å²) in [6.07, 6.45) is 1.71. The molecule has 0 atom stereocenters. The molecule has 116 valence electrons. The van der Waals surface area contributed by atoms with Gasteiger partial charge in [0.15, 0.2) is 4.32 Å². The summed E-state index contributed by atoms with van der Waals surface area (Å²) in [5.74, 6) is 0.141. The lowest BCUT2D eigenvalue weighted by Crippen LogP contribution is -2.27. The molecule has 0 spiro atoms. The number of thioether (sulfide) groups is 1. The van der Waals surface area contributed by atoms with E-state index in [2.05, 4.69) is 0 Å². The lowest BCUT2D eigenvalue weighted by Gasteiger charge is -2.15. The van der Waals surface area contributed by atoms with Gasteiger partial charge in [0.05, 0.1) is 17.7 Å². The molecule has 1 aliphatic heterocycles. The van der Waals surface area contributed by atoms with Gasteiger partial charge in [-0.05, 0) is 35.9 Å². The topological polar surface area (TPSA) is 29.5 Å². The van der Waals surface area contributed by atoms with Crippen LogP contribution in [0.15, 0.2) is 53.4 Å². The minimum Gasteiger partial charge on any atom is -0.497 e. The van der Waals surface area contributed by atoms with E-state index in [1.807, 2.05) is 0 Å². The van der Waals surface area contributed by atoms with Gasteiger partial charge in [0, 0.05) is 6.07 Å². The van der Waals surface area contributed by atoms with Crippen LogP contribution in [0.25, 0.3) is 6.08 Å². The number of benzene rings is 2. The smallest absolute Gasteiger partial charge is 0.270 e. The van der Waals surface area contributed by atoms with Crippen LogP contribution in [0.2, 0.25) is 0 Å². The van der Waals surface area contributed by atoms with Crippen LogP contribution in [0.5, 0.6) is 5.75 Å². The largest absolute Gasteiger partial charge is 0.497 e. The first-order valence-electron chi connectivity index (χ1n) is 6.76. The summed E-state index contributed by atoms with van der Waals surface area (Å²) >= 11 is 6.54. The first kappa shape index (κ1) is 15.7. The van der Waals surface area contributed by atoms with Crippen LogP contribution >= 0.6 is 24.0 Å². The molecule has 23 heavy (non-hydrogen) atoms. The molecule has 2 aromatic carbocycles. The van der Waals surface area contributed by atoms with Gasteiger partial charge in [-0.2, -0.15) is 0 Å². The van der Waals surface area contributed by atoms with Gasteiger partial charge in [-0.3, -0.25) is 9.69 Å². The molecule has 1 heterocycles. The Labute approximate surface area is 142 Å². The predicted octanol–water partition coefficient (Wildman–Crippen LogP) is 4.24. The molecular formula is C17H12FNO2S2. The maximum atomic E-state index is 13.0. The Balaban J connectivity index is 1.91. The zero-order chi connectivity index (χ0) is 16.4. The average Bonchev–Trinajstić information content (AvgIpc) is 2.83. The number of methoxy groups -OCH3 is 1. The van der Waals surface area contributed by atoms with Gasteiger partial charge in [0.25, 0.3) is 5.91 Å². The second kappa shape index (κ2) is 6.52. The Morgan fingerprint density at radius 2 is 1.96 bits per heavy atom. The van der Waals surface area contributed by atoms with E-state index in [4.69, 9.17) is 17.0 Å². The van der Waals surface area contributed by atoms with Crippen molar-refractivity contribution in [3.8, 4) is 5.75 Å². The van der Waals surface area contributed by atoms with E-state index in [0.29, 0.717) is 20.7 Å². The zero-order valence-electron chi connectivity index (χ0n) is 12.2. The molecule has 0 N–H and O–H groups in total. The van der Waals surface area contributed by atoms with Crippen molar-refractivity contribution in [2.45, 2.75) is 0 Å². The van der Waals surface area contributed by atoms with E-state index < -0.39 is 0 Å². The lowest BCUT2D eigenvalue weighted by atomic mass is 10.2. The number of carbonyl (C=O) groups excluding carboxylic acids is 1. The molecule has 0 aliphatic carbocycles. The molecular weight excluding hydrogens is 333 g/mol. The molecule has 3 rings (SSSR count). The van der Waals surface area contributed by atoms with Gasteiger partial charge >= 0.3 is 0 Å². The maximum absolute atomic E-state index is 13.0. The predicted molar refractivity (Wildman–Crippen MR) is 95.0 cm³/mol. The SMILES string of the molecule is COc1cccc(N2C(=O)/C(=C/c3ccc(F)cc3)SC2=S)c1. The van der Waals surface area contributed by atoms with Crippen LogP contribution < -0.4 is 9.64 Å². The molecule has 1 fully saturated rings. The van der Waals surface area contributed by atoms with Crippen LogP contribution in [0.4, 0.5) is 10.1 Å². The fourth-order valence-corrected chi connectivity index (χ4v) is 3.45. The Hall–Kier alpha value is -2.18. The fourth-order valence-electron chi connectivity index (χ4n) is 2.15. The average molecular weight is 345 g/mol. The normalized spacial score (nSPS) is 16.3. The minimum atomic E-state index is -0.314. The molecule has 0 aromatic heterocycles. The van der Waals surface area contributed by atoms with E-state index in [-0.39, 0.29) is 11.7 Å². The second-order valence-electron chi connectivity index (χ2n) is 4.77. The lowest BCUT2D eigenvalue weighted by molar-refractivity contribution is -0.113. The van der Waals surface area contributed by atoms with E-state index in [0.717, 1.165) is 5.56 Å². The van der Waals surface area contributed by atoms with Crippen molar-refractivity contribution in [1.82, 2.24) is 0 Å². The number of nitrogens with zero attached hydrogens (tertiary/aromatic N) is 1. The van der Waals surface area contributed by atoms with Crippen molar-refractivity contribution in [3.05, 3.63) is 64.8 Å². The van der Waals surface area contributed by atoms with Gasteiger partial charge < -0.3 is 4.74 Å². The van der Waals surface area contributed by atoms with Crippen molar-refractivity contribution in [2.24, 2.45) is 0 Å². The Kier molecular flexibility index (Phi) is 4.45. The number of anilines is 1. The summed E-state index contributed by atoms with van der Waals surface area (Å²) < 4.78 is 18.6. The molecule has 2 aromatic rings. The molecule has 3 nitrogen and oxygen atoms in total. The Morgan fingerprint density at radius 1 is 1.22 bits per heavy atom. The number of amides is 1. The highest BCUT2D eigenvalue weighted by Gasteiger charge is 2.33. The minimum absolute atomic E-state index is 0.197. The number of hydrogen-bond donors (Lipinski definition) is 0. The fraction of sp³-hybridized carbons (Fsp3) is 0.0588. The summed E-state index contributed by atoms with van der Waals surface area (Å²) in [5.41, 5.74) is 1.41. The van der Waals surface area contributed by atoms with Gasteiger partial charge in [-0.1, -0.05) is 42.2 Å². The molecule has 0 bridgehead atoms. The monoisotopic (exact) mass is 345 g/mol. The van der Waals surface area contributed by atoms with Crippen molar-refractivity contribution >= 4 is 46.0 Å². The van der Waals surface area contributed by atoms with Crippen molar-refractivity contribution in [3.63, 3.8) is 0 Å². The highest BCUT2D eigenvalue weighted by Crippen LogP contribution is 2.36. The second-order valence-corrected chi connectivity index (χ2v) is 6.45. The highest BCUT2D eigenvalue weighted by molar-refractivity contribution is 8.27. The number of thiocarbonyl (C=S) groups is 1. The third kappa shape index (κ3) is 3.28. The van der Waals surface area contributed by atoms with E-state index >= 15 is 0 Å². The first-order chi connectivity index (χ1) is 11.1. The first-order valence-corrected chi connectivity index (χ1v) is 7.98. The van der Waals surface area contributed by atoms with Crippen LogP contribution in [-0.4, -0.2) is 17.3 Å². The number of rotatable bonds is 3. The number of hydrogen-bond acceptors (Lipinski definition) is 4. The van der Waals surface area contributed by atoms with Crippen LogP contribution in [0.3, 0.4) is 0 Å².